The fraction of sp³-hybridized carbons (Fsp3) is 0.750. The van der Waals surface area contributed by atoms with E-state index in [0.29, 0.717) is 17.6 Å². The average Bonchev–Trinajstić information content (AvgIpc) is 2.84. The molecule has 3 saturated carbocycles. The number of carbonyl (C=O) groups excluding carboxylic acids is 1. The van der Waals surface area contributed by atoms with Gasteiger partial charge in [0.1, 0.15) is 5.78 Å². The molecule has 0 radical (unpaired) electrons. The summed E-state index contributed by atoms with van der Waals surface area (Å²) in [6.07, 6.45) is 13.2. The Bertz CT molecular complexity index is 514. The summed E-state index contributed by atoms with van der Waals surface area (Å²) in [5, 5.41) is 0. The van der Waals surface area contributed by atoms with Crippen LogP contribution < -0.4 is 0 Å². The topological polar surface area (TPSA) is 17.1 Å². The van der Waals surface area contributed by atoms with Crippen LogP contribution in [0.15, 0.2) is 23.8 Å². The van der Waals surface area contributed by atoms with Gasteiger partial charge in [-0.1, -0.05) is 30.7 Å². The third-order valence-corrected chi connectivity index (χ3v) is 7.37. The molecule has 4 aliphatic carbocycles. The first kappa shape index (κ1) is 13.8. The normalized spacial score (nSPS) is 45.7. The van der Waals surface area contributed by atoms with E-state index < -0.39 is 0 Å². The minimum atomic E-state index is -0.0197. The van der Waals surface area contributed by atoms with E-state index in [9.17, 15) is 4.79 Å². The van der Waals surface area contributed by atoms with Crippen molar-refractivity contribution in [2.24, 2.45) is 29.1 Å². The lowest BCUT2D eigenvalue weighted by Gasteiger charge is -2.54. The van der Waals surface area contributed by atoms with Gasteiger partial charge in [-0.05, 0) is 75.0 Å². The van der Waals surface area contributed by atoms with Crippen molar-refractivity contribution in [3.05, 3.63) is 23.8 Å². The maximum Gasteiger partial charge on any atom is 0.139 e. The van der Waals surface area contributed by atoms with Crippen LogP contribution in [0.25, 0.3) is 0 Å². The molecule has 0 aliphatic heterocycles. The molecule has 0 aromatic carbocycles. The minimum Gasteiger partial charge on any atom is -0.299 e. The zero-order valence-corrected chi connectivity index (χ0v) is 13.4. The number of allylic oxidation sites excluding steroid dienone is 3. The fourth-order valence-electron chi connectivity index (χ4n) is 6.49. The van der Waals surface area contributed by atoms with E-state index in [1.807, 2.05) is 0 Å². The highest BCUT2D eigenvalue weighted by molar-refractivity contribution is 5.88. The summed E-state index contributed by atoms with van der Waals surface area (Å²) in [5.41, 5.74) is 3.14. The van der Waals surface area contributed by atoms with Crippen LogP contribution in [-0.2, 0) is 4.79 Å². The van der Waals surface area contributed by atoms with Crippen molar-refractivity contribution in [2.45, 2.75) is 64.7 Å². The lowest BCUT2D eigenvalue weighted by molar-refractivity contribution is -0.130. The van der Waals surface area contributed by atoms with E-state index in [4.69, 9.17) is 0 Å². The van der Waals surface area contributed by atoms with Gasteiger partial charge in [0.2, 0.25) is 0 Å². The van der Waals surface area contributed by atoms with Crippen molar-refractivity contribution in [1.29, 1.82) is 0 Å². The van der Waals surface area contributed by atoms with E-state index in [-0.39, 0.29) is 5.41 Å². The maximum absolute atomic E-state index is 12.6. The van der Waals surface area contributed by atoms with Gasteiger partial charge in [0, 0.05) is 11.8 Å². The Labute approximate surface area is 128 Å². The van der Waals surface area contributed by atoms with Crippen LogP contribution in [0.4, 0.5) is 0 Å². The van der Waals surface area contributed by atoms with Crippen LogP contribution in [0.5, 0.6) is 0 Å². The highest BCUT2D eigenvalue weighted by atomic mass is 16.1. The number of hydrogen-bond donors (Lipinski definition) is 0. The highest BCUT2D eigenvalue weighted by Gasteiger charge is 2.58. The summed E-state index contributed by atoms with van der Waals surface area (Å²) in [7, 11) is 0. The maximum atomic E-state index is 12.6. The Morgan fingerprint density at radius 2 is 2.14 bits per heavy atom. The minimum absolute atomic E-state index is 0.0197. The predicted molar refractivity (Wildman–Crippen MR) is 85.9 cm³/mol. The molecule has 0 N–H and O–H groups in total. The summed E-state index contributed by atoms with van der Waals surface area (Å²) in [5.74, 6) is 3.43. The van der Waals surface area contributed by atoms with Crippen molar-refractivity contribution in [3.63, 3.8) is 0 Å². The second-order valence-electron chi connectivity index (χ2n) is 7.96. The Kier molecular flexibility index (Phi) is 3.17. The molecule has 3 fully saturated rings. The number of rotatable bonds is 1. The summed E-state index contributed by atoms with van der Waals surface area (Å²) in [4.78, 5) is 12.6. The van der Waals surface area contributed by atoms with Gasteiger partial charge >= 0.3 is 0 Å². The average molecular weight is 284 g/mol. The molecule has 0 saturated heterocycles. The van der Waals surface area contributed by atoms with Crippen LogP contribution in [-0.4, -0.2) is 5.78 Å². The molecule has 21 heavy (non-hydrogen) atoms. The van der Waals surface area contributed by atoms with Gasteiger partial charge in [0.25, 0.3) is 0 Å². The zero-order valence-electron chi connectivity index (χ0n) is 13.4. The van der Waals surface area contributed by atoms with E-state index in [1.165, 1.54) is 37.7 Å². The highest BCUT2D eigenvalue weighted by Crippen LogP contribution is 2.63. The molecule has 0 aromatic heterocycles. The first-order chi connectivity index (χ1) is 10.2. The molecule has 1 heteroatoms. The molecule has 0 spiro atoms. The second kappa shape index (κ2) is 4.83. The lowest BCUT2D eigenvalue weighted by Crippen LogP contribution is -2.48. The van der Waals surface area contributed by atoms with Gasteiger partial charge in [-0.2, -0.15) is 0 Å². The predicted octanol–water partition coefficient (Wildman–Crippen LogP) is 5.07. The Morgan fingerprint density at radius 1 is 1.29 bits per heavy atom. The molecule has 5 atom stereocenters. The van der Waals surface area contributed by atoms with Crippen molar-refractivity contribution in [2.75, 3.05) is 0 Å². The molecule has 2 unspecified atom stereocenters. The molecular formula is C20H28O. The van der Waals surface area contributed by atoms with Gasteiger partial charge in [0.05, 0.1) is 0 Å². The molecule has 0 amide bonds. The van der Waals surface area contributed by atoms with Crippen LogP contribution >= 0.6 is 0 Å². The largest absolute Gasteiger partial charge is 0.299 e. The number of fused-ring (bicyclic) bond motifs is 5. The van der Waals surface area contributed by atoms with E-state index in [0.717, 1.165) is 37.5 Å². The van der Waals surface area contributed by atoms with E-state index in [2.05, 4.69) is 19.6 Å². The quantitative estimate of drug-likeness (QED) is 0.614. The molecule has 0 heterocycles. The first-order valence-corrected chi connectivity index (χ1v) is 9.07. The third kappa shape index (κ3) is 1.79. The van der Waals surface area contributed by atoms with Gasteiger partial charge < -0.3 is 0 Å². The van der Waals surface area contributed by atoms with E-state index in [1.54, 1.807) is 5.57 Å². The Balaban J connectivity index is 1.72. The molecule has 114 valence electrons. The van der Waals surface area contributed by atoms with Crippen LogP contribution in [0, 0.1) is 29.1 Å². The van der Waals surface area contributed by atoms with Gasteiger partial charge in [0.15, 0.2) is 0 Å². The number of Topliss-reactive ketones (excluding diaryl/α,β-unsaturated/α-hetero) is 1. The first-order valence-electron chi connectivity index (χ1n) is 9.07. The third-order valence-electron chi connectivity index (χ3n) is 7.37. The number of carbonyl (C=O) groups is 1. The van der Waals surface area contributed by atoms with Gasteiger partial charge in [-0.3, -0.25) is 4.79 Å². The van der Waals surface area contributed by atoms with E-state index >= 15 is 0 Å². The molecule has 0 bridgehead atoms. The smallest absolute Gasteiger partial charge is 0.139 e. The van der Waals surface area contributed by atoms with Crippen molar-refractivity contribution >= 4 is 5.78 Å². The van der Waals surface area contributed by atoms with Crippen molar-refractivity contribution in [1.82, 2.24) is 0 Å². The number of ketones is 1. The Hall–Kier alpha value is -0.850. The van der Waals surface area contributed by atoms with Crippen molar-refractivity contribution < 1.29 is 4.79 Å². The molecular weight excluding hydrogens is 256 g/mol. The van der Waals surface area contributed by atoms with Gasteiger partial charge in [-0.25, -0.2) is 0 Å². The van der Waals surface area contributed by atoms with Gasteiger partial charge in [-0.15, -0.1) is 0 Å². The summed E-state index contributed by atoms with van der Waals surface area (Å²) in [6.45, 7) is 6.73. The molecule has 4 rings (SSSR count). The second-order valence-corrected chi connectivity index (χ2v) is 7.96. The zero-order chi connectivity index (χ0) is 14.6. The van der Waals surface area contributed by atoms with Crippen LogP contribution in [0.1, 0.15) is 64.7 Å². The van der Waals surface area contributed by atoms with Crippen LogP contribution in [0.3, 0.4) is 0 Å². The van der Waals surface area contributed by atoms with Crippen molar-refractivity contribution in [3.8, 4) is 0 Å². The number of hydrogen-bond acceptors (Lipinski definition) is 1. The Morgan fingerprint density at radius 3 is 2.95 bits per heavy atom. The molecule has 1 nitrogen and oxygen atoms in total. The fourth-order valence-corrected chi connectivity index (χ4v) is 6.49. The standard InChI is InChI=1S/C20H28O/c1-3-20-12-13(2)19-15-7-5-4-6-14(15)8-9-16(19)17(20)10-11-18(20)21/h6,15-17,19H,2-5,7-12H2,1H3/t15-,16-,17?,19?,20-/m0/s1. The summed E-state index contributed by atoms with van der Waals surface area (Å²) >= 11 is 0. The summed E-state index contributed by atoms with van der Waals surface area (Å²) < 4.78 is 0. The SMILES string of the molecule is C=C1C[C@]2(CC)C(=O)CCC2[C@@H]2CCC3=CCCC[C@@H]3C12. The molecule has 0 aromatic rings. The monoisotopic (exact) mass is 284 g/mol. The summed E-state index contributed by atoms with van der Waals surface area (Å²) in [6, 6.07) is 0. The molecule has 4 aliphatic rings. The lowest BCUT2D eigenvalue weighted by atomic mass is 9.50. The van der Waals surface area contributed by atoms with Crippen LogP contribution in [0.2, 0.25) is 0 Å².